The van der Waals surface area contributed by atoms with Crippen LogP contribution in [0.4, 0.5) is 0 Å². The Bertz CT molecular complexity index is 496. The number of likely N-dealkylation sites (tertiary alicyclic amines) is 1. The minimum atomic E-state index is 0.348. The van der Waals surface area contributed by atoms with E-state index in [1.165, 1.54) is 19.4 Å². The van der Waals surface area contributed by atoms with Gasteiger partial charge in [0.25, 0.3) is 0 Å². The molecule has 1 fully saturated rings. The molecule has 0 aromatic heterocycles. The molecule has 2 aliphatic rings. The van der Waals surface area contributed by atoms with E-state index in [4.69, 9.17) is 11.6 Å². The molecule has 1 aliphatic carbocycles. The van der Waals surface area contributed by atoms with E-state index in [1.54, 1.807) is 16.7 Å². The van der Waals surface area contributed by atoms with Crippen LogP contribution in [0.3, 0.4) is 0 Å². The zero-order valence-corrected chi connectivity index (χ0v) is 12.5. The molecule has 0 spiro atoms. The summed E-state index contributed by atoms with van der Waals surface area (Å²) in [5.41, 5.74) is 5.13. The second-order valence-corrected chi connectivity index (χ2v) is 6.49. The smallest absolute Gasteiger partial charge is 0.0177 e. The molecule has 1 aliphatic heterocycles. The van der Waals surface area contributed by atoms with Crippen LogP contribution in [0.5, 0.6) is 0 Å². The van der Waals surface area contributed by atoms with E-state index in [-0.39, 0.29) is 0 Å². The fraction of sp³-hybridized carbons (Fsp3) is 0.529. The van der Waals surface area contributed by atoms with Crippen molar-refractivity contribution in [2.24, 2.45) is 5.92 Å². The summed E-state index contributed by atoms with van der Waals surface area (Å²) >= 11 is 5.69. The maximum atomic E-state index is 5.69. The molecular formula is C17H22ClN. The Morgan fingerprint density at radius 1 is 1.42 bits per heavy atom. The van der Waals surface area contributed by atoms with Crippen LogP contribution >= 0.6 is 11.6 Å². The average molecular weight is 276 g/mol. The van der Waals surface area contributed by atoms with E-state index >= 15 is 0 Å². The fourth-order valence-electron chi connectivity index (χ4n) is 4.08. The highest BCUT2D eigenvalue weighted by atomic mass is 35.5. The van der Waals surface area contributed by atoms with Crippen molar-refractivity contribution in [3.05, 3.63) is 47.0 Å². The van der Waals surface area contributed by atoms with E-state index in [2.05, 4.69) is 49.1 Å². The van der Waals surface area contributed by atoms with E-state index in [9.17, 15) is 0 Å². The Balaban J connectivity index is 1.97. The van der Waals surface area contributed by atoms with Crippen molar-refractivity contribution in [3.8, 4) is 0 Å². The van der Waals surface area contributed by atoms with Gasteiger partial charge in [0.2, 0.25) is 0 Å². The minimum Gasteiger partial charge on any atom is -0.296 e. The molecule has 0 amide bonds. The highest BCUT2D eigenvalue weighted by molar-refractivity contribution is 6.25. The molecular weight excluding hydrogens is 254 g/mol. The van der Waals surface area contributed by atoms with Crippen molar-refractivity contribution in [1.29, 1.82) is 0 Å². The molecule has 2 heteroatoms. The van der Waals surface area contributed by atoms with Gasteiger partial charge in [0, 0.05) is 18.1 Å². The number of halogens is 1. The maximum Gasteiger partial charge on any atom is 0.0177 e. The number of piperidine rings is 1. The SMILES string of the molecule is CC1C2Cc3ccccc3C1(C)CCN2CC=CCl. The first kappa shape index (κ1) is 13.2. The highest BCUT2D eigenvalue weighted by Gasteiger charge is 2.47. The lowest BCUT2D eigenvalue weighted by Gasteiger charge is -2.54. The molecule has 19 heavy (non-hydrogen) atoms. The Morgan fingerprint density at radius 3 is 3.00 bits per heavy atom. The molecule has 1 aromatic rings. The first-order valence-corrected chi connectivity index (χ1v) is 7.68. The first-order valence-electron chi connectivity index (χ1n) is 7.24. The summed E-state index contributed by atoms with van der Waals surface area (Å²) < 4.78 is 0. The average Bonchev–Trinajstić information content (AvgIpc) is 2.42. The quantitative estimate of drug-likeness (QED) is 0.790. The van der Waals surface area contributed by atoms with Gasteiger partial charge in [-0.15, -0.1) is 0 Å². The fourth-order valence-corrected chi connectivity index (χ4v) is 4.16. The number of nitrogens with zero attached hydrogens (tertiary/aromatic N) is 1. The zero-order chi connectivity index (χ0) is 13.5. The summed E-state index contributed by atoms with van der Waals surface area (Å²) in [6, 6.07) is 9.68. The van der Waals surface area contributed by atoms with Gasteiger partial charge >= 0.3 is 0 Å². The molecule has 1 saturated heterocycles. The highest BCUT2D eigenvalue weighted by Crippen LogP contribution is 2.48. The molecule has 3 atom stereocenters. The van der Waals surface area contributed by atoms with Crippen LogP contribution in [0.2, 0.25) is 0 Å². The summed E-state index contributed by atoms with van der Waals surface area (Å²) in [5, 5.41) is 0. The Morgan fingerprint density at radius 2 is 2.21 bits per heavy atom. The van der Waals surface area contributed by atoms with Gasteiger partial charge in [-0.25, -0.2) is 0 Å². The molecule has 1 nitrogen and oxygen atoms in total. The summed E-state index contributed by atoms with van der Waals surface area (Å²) in [6.45, 7) is 7.05. The van der Waals surface area contributed by atoms with Gasteiger partial charge in [0.15, 0.2) is 0 Å². The van der Waals surface area contributed by atoms with Gasteiger partial charge in [-0.1, -0.05) is 55.8 Å². The van der Waals surface area contributed by atoms with Crippen LogP contribution in [-0.2, 0) is 11.8 Å². The van der Waals surface area contributed by atoms with Crippen LogP contribution in [0, 0.1) is 5.92 Å². The van der Waals surface area contributed by atoms with Crippen molar-refractivity contribution in [2.45, 2.75) is 38.1 Å². The van der Waals surface area contributed by atoms with Crippen molar-refractivity contribution < 1.29 is 0 Å². The molecule has 0 N–H and O–H groups in total. The summed E-state index contributed by atoms with van der Waals surface area (Å²) in [6.07, 6.45) is 4.50. The van der Waals surface area contributed by atoms with E-state index in [0.29, 0.717) is 17.4 Å². The number of fused-ring (bicyclic) bond motifs is 4. The summed E-state index contributed by atoms with van der Waals surface area (Å²) in [7, 11) is 0. The molecule has 0 saturated carbocycles. The molecule has 102 valence electrons. The van der Waals surface area contributed by atoms with Crippen LogP contribution in [-0.4, -0.2) is 24.0 Å². The van der Waals surface area contributed by atoms with E-state index in [1.807, 2.05) is 0 Å². The van der Waals surface area contributed by atoms with Gasteiger partial charge < -0.3 is 0 Å². The summed E-state index contributed by atoms with van der Waals surface area (Å²) in [5.74, 6) is 0.708. The Labute approximate surface area is 121 Å². The number of rotatable bonds is 2. The Kier molecular flexibility index (Phi) is 3.44. The van der Waals surface area contributed by atoms with Gasteiger partial charge in [-0.3, -0.25) is 4.90 Å². The third-order valence-electron chi connectivity index (χ3n) is 5.46. The van der Waals surface area contributed by atoms with Crippen molar-refractivity contribution in [1.82, 2.24) is 4.90 Å². The second-order valence-electron chi connectivity index (χ2n) is 6.24. The van der Waals surface area contributed by atoms with Gasteiger partial charge in [0.1, 0.15) is 0 Å². The monoisotopic (exact) mass is 275 g/mol. The second kappa shape index (κ2) is 4.96. The molecule has 2 bridgehead atoms. The van der Waals surface area contributed by atoms with Crippen molar-refractivity contribution in [3.63, 3.8) is 0 Å². The lowest BCUT2D eigenvalue weighted by molar-refractivity contribution is 0.0399. The van der Waals surface area contributed by atoms with Crippen molar-refractivity contribution in [2.75, 3.05) is 13.1 Å². The molecule has 3 unspecified atom stereocenters. The third-order valence-corrected chi connectivity index (χ3v) is 5.64. The van der Waals surface area contributed by atoms with Gasteiger partial charge in [-0.05, 0) is 41.8 Å². The lowest BCUT2D eigenvalue weighted by Crippen LogP contribution is -2.57. The predicted octanol–water partition coefficient (Wildman–Crippen LogP) is 3.96. The Hall–Kier alpha value is -0.790. The van der Waals surface area contributed by atoms with Crippen LogP contribution in [0.1, 0.15) is 31.4 Å². The molecule has 3 rings (SSSR count). The number of benzene rings is 1. The number of hydrogen-bond donors (Lipinski definition) is 0. The predicted molar refractivity (Wildman–Crippen MR) is 81.6 cm³/mol. The molecule has 0 radical (unpaired) electrons. The third kappa shape index (κ3) is 2.04. The van der Waals surface area contributed by atoms with Crippen LogP contribution in [0.25, 0.3) is 0 Å². The minimum absolute atomic E-state index is 0.348. The van der Waals surface area contributed by atoms with Crippen LogP contribution < -0.4 is 0 Å². The van der Waals surface area contributed by atoms with Gasteiger partial charge in [-0.2, -0.15) is 0 Å². The molecule has 1 heterocycles. The van der Waals surface area contributed by atoms with Crippen LogP contribution in [0.15, 0.2) is 35.9 Å². The first-order chi connectivity index (χ1) is 9.16. The lowest BCUT2D eigenvalue weighted by atomic mass is 9.59. The topological polar surface area (TPSA) is 3.24 Å². The van der Waals surface area contributed by atoms with Gasteiger partial charge in [0.05, 0.1) is 0 Å². The van der Waals surface area contributed by atoms with Crippen molar-refractivity contribution >= 4 is 11.6 Å². The normalized spacial score (nSPS) is 34.5. The van der Waals surface area contributed by atoms with E-state index in [0.717, 1.165) is 6.54 Å². The standard InChI is InChI=1S/C17H22ClN/c1-13-16-12-14-6-3-4-7-15(14)17(13,2)8-11-19(16)10-5-9-18/h3-7,9,13,16H,8,10-12H2,1-2H3. The zero-order valence-electron chi connectivity index (χ0n) is 11.8. The maximum absolute atomic E-state index is 5.69. The van der Waals surface area contributed by atoms with E-state index < -0.39 is 0 Å². The summed E-state index contributed by atoms with van der Waals surface area (Å²) in [4.78, 5) is 2.60. The largest absolute Gasteiger partial charge is 0.296 e. The number of hydrogen-bond acceptors (Lipinski definition) is 1. The molecule has 1 aromatic carbocycles.